The molecule has 0 aliphatic carbocycles. The summed E-state index contributed by atoms with van der Waals surface area (Å²) >= 11 is 5.88. The Morgan fingerprint density at radius 2 is 1.61 bits per heavy atom. The molecule has 33 heavy (non-hydrogen) atoms. The molecular formula is C22H28ClFN6O3. The largest absolute Gasteiger partial charge is 0.396 e. The minimum atomic E-state index is -0.520. The van der Waals surface area contributed by atoms with Crippen molar-refractivity contribution < 1.29 is 19.7 Å². The van der Waals surface area contributed by atoms with Crippen LogP contribution in [0.2, 0.25) is 5.02 Å². The molecule has 0 radical (unpaired) electrons. The quantitative estimate of drug-likeness (QED) is 0.250. The predicted octanol–water partition coefficient (Wildman–Crippen LogP) is 3.42. The van der Waals surface area contributed by atoms with E-state index < -0.39 is 11.4 Å². The van der Waals surface area contributed by atoms with Crippen molar-refractivity contribution in [2.75, 3.05) is 30.5 Å². The maximum absolute atomic E-state index is 13.5. The van der Waals surface area contributed by atoms with E-state index in [4.69, 9.17) is 11.6 Å². The molecule has 0 bridgehead atoms. The van der Waals surface area contributed by atoms with Gasteiger partial charge in [0.1, 0.15) is 23.2 Å². The third-order valence-electron chi connectivity index (χ3n) is 5.38. The van der Waals surface area contributed by atoms with E-state index in [-0.39, 0.29) is 24.8 Å². The summed E-state index contributed by atoms with van der Waals surface area (Å²) in [7, 11) is 0. The average Bonchev–Trinajstić information content (AvgIpc) is 2.82. The number of aliphatic hydroxyl groups excluding tert-OH is 3. The molecule has 3 aromatic rings. The number of aliphatic hydroxyl groups is 3. The zero-order valence-electron chi connectivity index (χ0n) is 18.1. The zero-order chi connectivity index (χ0) is 23.7. The van der Waals surface area contributed by atoms with E-state index in [2.05, 4.69) is 30.6 Å². The summed E-state index contributed by atoms with van der Waals surface area (Å²) < 4.78 is 13.5. The van der Waals surface area contributed by atoms with Crippen LogP contribution in [0.15, 0.2) is 30.7 Å². The van der Waals surface area contributed by atoms with Gasteiger partial charge >= 0.3 is 0 Å². The van der Waals surface area contributed by atoms with Gasteiger partial charge in [-0.25, -0.2) is 24.3 Å². The molecular weight excluding hydrogens is 451 g/mol. The Balaban J connectivity index is 1.94. The highest BCUT2D eigenvalue weighted by Gasteiger charge is 2.29. The van der Waals surface area contributed by atoms with E-state index in [1.807, 2.05) is 0 Å². The number of hydrogen-bond acceptors (Lipinski definition) is 9. The van der Waals surface area contributed by atoms with Crippen LogP contribution in [0, 0.1) is 5.82 Å². The SMILES string of the molecule is OCCCC(CCCO)(CCCO)Nc1ncc2ncnc(Nc3ccc(F)c(Cl)c3)c2n1. The van der Waals surface area contributed by atoms with Crippen LogP contribution in [0.3, 0.4) is 0 Å². The summed E-state index contributed by atoms with van der Waals surface area (Å²) in [5.41, 5.74) is 1.00. The molecule has 3 rings (SSSR count). The van der Waals surface area contributed by atoms with Gasteiger partial charge in [-0.3, -0.25) is 0 Å². The number of nitrogens with zero attached hydrogens (tertiary/aromatic N) is 4. The Labute approximate surface area is 196 Å². The van der Waals surface area contributed by atoms with Crippen LogP contribution in [0.4, 0.5) is 21.8 Å². The average molecular weight is 479 g/mol. The first-order chi connectivity index (χ1) is 16.0. The lowest BCUT2D eigenvalue weighted by atomic mass is 9.84. The number of rotatable bonds is 13. The normalized spacial score (nSPS) is 11.7. The van der Waals surface area contributed by atoms with Gasteiger partial charge in [-0.05, 0) is 56.7 Å². The minimum absolute atomic E-state index is 0.0169. The fraction of sp³-hybridized carbons (Fsp3) is 0.455. The number of anilines is 3. The molecule has 0 saturated heterocycles. The lowest BCUT2D eigenvalue weighted by Gasteiger charge is -2.35. The lowest BCUT2D eigenvalue weighted by Crippen LogP contribution is -2.40. The summed E-state index contributed by atoms with van der Waals surface area (Å²) in [6, 6.07) is 4.25. The van der Waals surface area contributed by atoms with Crippen molar-refractivity contribution in [3.05, 3.63) is 41.6 Å². The summed E-state index contributed by atoms with van der Waals surface area (Å²) in [5.74, 6) is 0.222. The molecule has 1 aromatic carbocycles. The van der Waals surface area contributed by atoms with Crippen LogP contribution < -0.4 is 10.6 Å². The number of fused-ring (bicyclic) bond motifs is 1. The van der Waals surface area contributed by atoms with Gasteiger partial charge in [0.05, 0.1) is 11.2 Å². The highest BCUT2D eigenvalue weighted by molar-refractivity contribution is 6.31. The van der Waals surface area contributed by atoms with Crippen molar-refractivity contribution in [3.8, 4) is 0 Å². The molecule has 2 heterocycles. The molecule has 2 aromatic heterocycles. The molecule has 0 amide bonds. The molecule has 11 heteroatoms. The van der Waals surface area contributed by atoms with Gasteiger partial charge < -0.3 is 26.0 Å². The fourth-order valence-electron chi connectivity index (χ4n) is 3.77. The van der Waals surface area contributed by atoms with Crippen LogP contribution >= 0.6 is 11.6 Å². The summed E-state index contributed by atoms with van der Waals surface area (Å²) in [6.45, 7) is 0.0905. The third kappa shape index (κ3) is 6.67. The maximum atomic E-state index is 13.5. The molecule has 0 aliphatic rings. The summed E-state index contributed by atoms with van der Waals surface area (Å²) in [6.07, 6.45) is 6.47. The number of aromatic nitrogens is 4. The first-order valence-electron chi connectivity index (χ1n) is 10.8. The van der Waals surface area contributed by atoms with Crippen LogP contribution in [0.1, 0.15) is 38.5 Å². The van der Waals surface area contributed by atoms with Crippen LogP contribution in [0.5, 0.6) is 0 Å². The van der Waals surface area contributed by atoms with Crippen molar-refractivity contribution in [1.29, 1.82) is 0 Å². The molecule has 0 aliphatic heterocycles. The second-order valence-electron chi connectivity index (χ2n) is 7.79. The first-order valence-corrected chi connectivity index (χ1v) is 11.2. The van der Waals surface area contributed by atoms with Gasteiger partial charge in [0.15, 0.2) is 5.82 Å². The van der Waals surface area contributed by atoms with E-state index in [1.165, 1.54) is 18.5 Å². The van der Waals surface area contributed by atoms with E-state index >= 15 is 0 Å². The van der Waals surface area contributed by atoms with Gasteiger partial charge in [-0.15, -0.1) is 0 Å². The van der Waals surface area contributed by atoms with Gasteiger partial charge in [0.2, 0.25) is 5.95 Å². The van der Waals surface area contributed by atoms with Crippen LogP contribution in [-0.2, 0) is 0 Å². The van der Waals surface area contributed by atoms with E-state index in [0.29, 0.717) is 67.0 Å². The highest BCUT2D eigenvalue weighted by Crippen LogP contribution is 2.30. The molecule has 0 fully saturated rings. The fourth-order valence-corrected chi connectivity index (χ4v) is 3.95. The van der Waals surface area contributed by atoms with Crippen molar-refractivity contribution in [2.24, 2.45) is 0 Å². The topological polar surface area (TPSA) is 136 Å². The molecule has 9 nitrogen and oxygen atoms in total. The molecule has 0 spiro atoms. The Morgan fingerprint density at radius 3 is 2.21 bits per heavy atom. The lowest BCUT2D eigenvalue weighted by molar-refractivity contribution is 0.218. The van der Waals surface area contributed by atoms with Crippen LogP contribution in [0.25, 0.3) is 11.0 Å². The molecule has 0 atom stereocenters. The maximum Gasteiger partial charge on any atom is 0.223 e. The first kappa shape index (κ1) is 25.0. The van der Waals surface area contributed by atoms with Gasteiger partial charge in [-0.1, -0.05) is 11.6 Å². The second kappa shape index (κ2) is 12.0. The molecule has 0 unspecified atom stereocenters. The molecule has 0 saturated carbocycles. The van der Waals surface area contributed by atoms with Gasteiger partial charge in [-0.2, -0.15) is 0 Å². The van der Waals surface area contributed by atoms with E-state index in [1.54, 1.807) is 12.3 Å². The minimum Gasteiger partial charge on any atom is -0.396 e. The molecule has 5 N–H and O–H groups in total. The summed E-state index contributed by atoms with van der Waals surface area (Å²) in [5, 5.41) is 34.6. The smallest absolute Gasteiger partial charge is 0.223 e. The van der Waals surface area contributed by atoms with Crippen molar-refractivity contribution >= 4 is 40.1 Å². The monoisotopic (exact) mass is 478 g/mol. The predicted molar refractivity (Wildman–Crippen MR) is 125 cm³/mol. The molecule has 178 valence electrons. The Kier molecular flexibility index (Phi) is 9.07. The van der Waals surface area contributed by atoms with E-state index in [0.717, 1.165) is 0 Å². The highest BCUT2D eigenvalue weighted by atomic mass is 35.5. The Hall–Kier alpha value is -2.66. The van der Waals surface area contributed by atoms with Crippen molar-refractivity contribution in [1.82, 2.24) is 19.9 Å². The van der Waals surface area contributed by atoms with E-state index in [9.17, 15) is 19.7 Å². The van der Waals surface area contributed by atoms with Crippen molar-refractivity contribution in [2.45, 2.75) is 44.1 Å². The number of hydrogen-bond donors (Lipinski definition) is 5. The zero-order valence-corrected chi connectivity index (χ0v) is 18.9. The van der Waals surface area contributed by atoms with Gasteiger partial charge in [0.25, 0.3) is 0 Å². The van der Waals surface area contributed by atoms with Crippen molar-refractivity contribution in [3.63, 3.8) is 0 Å². The standard InChI is InChI=1S/C22H28ClFN6O3/c23-16-12-15(4-5-17(16)24)28-20-19-18(26-14-27-20)13-25-21(29-19)30-22(6-1-9-31,7-2-10-32)8-3-11-33/h4-5,12-14,31-33H,1-3,6-11H2,(H,25,29,30)(H,26,27,28). The van der Waals surface area contributed by atoms with Crippen LogP contribution in [-0.4, -0.2) is 60.6 Å². The second-order valence-corrected chi connectivity index (χ2v) is 8.20. The number of halogens is 2. The third-order valence-corrected chi connectivity index (χ3v) is 5.67. The Morgan fingerprint density at radius 1 is 0.939 bits per heavy atom. The Bertz CT molecular complexity index is 1040. The number of nitrogens with one attached hydrogen (secondary N) is 2. The van der Waals surface area contributed by atoms with Gasteiger partial charge in [0, 0.05) is 31.0 Å². The number of benzene rings is 1. The summed E-state index contributed by atoms with van der Waals surface area (Å²) in [4.78, 5) is 17.5.